The van der Waals surface area contributed by atoms with Crippen LogP contribution in [-0.2, 0) is 15.1 Å². The minimum absolute atomic E-state index is 0.107. The third kappa shape index (κ3) is 4.74. The van der Waals surface area contributed by atoms with E-state index in [1.54, 1.807) is 6.07 Å². The van der Waals surface area contributed by atoms with Crippen LogP contribution < -0.4 is 10.1 Å². The molecule has 176 valence electrons. The third-order valence-corrected chi connectivity index (χ3v) is 9.01. The number of thiophene rings is 1. The van der Waals surface area contributed by atoms with Gasteiger partial charge in [-0.05, 0) is 52.9 Å². The second-order valence-corrected chi connectivity index (χ2v) is 11.1. The molecule has 1 amide bonds. The van der Waals surface area contributed by atoms with E-state index in [1.165, 1.54) is 42.4 Å². The largest absolute Gasteiger partial charge is 0.478 e. The molecule has 1 N–H and O–H groups in total. The zero-order chi connectivity index (χ0) is 23.5. The van der Waals surface area contributed by atoms with Crippen molar-refractivity contribution in [1.29, 1.82) is 0 Å². The predicted octanol–water partition coefficient (Wildman–Crippen LogP) is 5.86. The van der Waals surface area contributed by atoms with Gasteiger partial charge in [-0.15, -0.1) is 11.8 Å². The van der Waals surface area contributed by atoms with Crippen LogP contribution in [0, 0.1) is 5.92 Å². The van der Waals surface area contributed by atoms with Gasteiger partial charge < -0.3 is 10.1 Å². The highest BCUT2D eigenvalue weighted by atomic mass is 35.5. The van der Waals surface area contributed by atoms with Gasteiger partial charge in [-0.25, -0.2) is 4.98 Å². The van der Waals surface area contributed by atoms with Crippen LogP contribution in [0.3, 0.4) is 0 Å². The lowest BCUT2D eigenvalue weighted by Crippen LogP contribution is -2.58. The Bertz CT molecular complexity index is 1160. The second kappa shape index (κ2) is 10.1. The fraction of sp³-hybridized carbons (Fsp3) is 0.346. The number of amides is 1. The van der Waals surface area contributed by atoms with Crippen molar-refractivity contribution in [1.82, 2.24) is 10.3 Å². The summed E-state index contributed by atoms with van der Waals surface area (Å²) in [6.07, 6.45) is 5.00. The van der Waals surface area contributed by atoms with Gasteiger partial charge in [0.2, 0.25) is 11.8 Å². The summed E-state index contributed by atoms with van der Waals surface area (Å²) < 4.78 is 5.95. The standard InChI is InChI=1S/C26H25ClN2O3S2/c27-19-7-1-2-8-21(19)34-24-20(30)15-26(29-25(24)31,18-12-14-33-16-18)22-9-4-10-23(28-22)32-13-11-17-5-3-6-17/h1-2,4,7-10,12,14,16-17,24H,3,5-6,11,13,15H2,(H,29,31). The Morgan fingerprint density at radius 3 is 2.71 bits per heavy atom. The lowest BCUT2D eigenvalue weighted by molar-refractivity contribution is -0.133. The van der Waals surface area contributed by atoms with Crippen molar-refractivity contribution in [2.24, 2.45) is 5.92 Å². The molecule has 1 aromatic carbocycles. The molecule has 0 spiro atoms. The molecule has 1 saturated carbocycles. The molecule has 34 heavy (non-hydrogen) atoms. The number of Topliss-reactive ketones (excluding diaryl/α,β-unsaturated/α-hetero) is 1. The second-order valence-electron chi connectivity index (χ2n) is 8.77. The number of rotatable bonds is 8. The Balaban J connectivity index is 1.40. The van der Waals surface area contributed by atoms with E-state index in [-0.39, 0.29) is 18.1 Å². The molecule has 2 unspecified atom stereocenters. The Kier molecular flexibility index (Phi) is 6.95. The number of benzene rings is 1. The van der Waals surface area contributed by atoms with Crippen molar-refractivity contribution < 1.29 is 14.3 Å². The molecule has 2 aliphatic rings. The number of halogens is 1. The lowest BCUT2D eigenvalue weighted by atomic mass is 9.79. The number of ketones is 1. The van der Waals surface area contributed by atoms with Gasteiger partial charge in [0.25, 0.3) is 0 Å². The van der Waals surface area contributed by atoms with Crippen molar-refractivity contribution in [3.63, 3.8) is 0 Å². The van der Waals surface area contributed by atoms with Gasteiger partial charge in [-0.1, -0.05) is 49.1 Å². The third-order valence-electron chi connectivity index (χ3n) is 6.56. The highest BCUT2D eigenvalue weighted by Gasteiger charge is 2.48. The molecule has 0 radical (unpaired) electrons. The van der Waals surface area contributed by atoms with E-state index in [4.69, 9.17) is 21.3 Å². The SMILES string of the molecule is O=C1CC(c2ccsc2)(c2cccc(OCCC3CCC3)n2)NC(=O)C1Sc1ccccc1Cl. The first-order valence-electron chi connectivity index (χ1n) is 11.4. The van der Waals surface area contributed by atoms with Crippen LogP contribution in [0.5, 0.6) is 5.88 Å². The first-order valence-corrected chi connectivity index (χ1v) is 13.6. The van der Waals surface area contributed by atoms with Gasteiger partial charge in [-0.2, -0.15) is 11.3 Å². The van der Waals surface area contributed by atoms with Gasteiger partial charge in [0.05, 0.1) is 17.3 Å². The van der Waals surface area contributed by atoms with Crippen molar-refractivity contribution in [3.8, 4) is 5.88 Å². The van der Waals surface area contributed by atoms with Crippen LogP contribution in [0.25, 0.3) is 0 Å². The van der Waals surface area contributed by atoms with Gasteiger partial charge >= 0.3 is 0 Å². The highest BCUT2D eigenvalue weighted by Crippen LogP contribution is 2.41. The highest BCUT2D eigenvalue weighted by molar-refractivity contribution is 8.01. The normalized spacial score (nSPS) is 22.8. The van der Waals surface area contributed by atoms with Crippen LogP contribution in [0.15, 0.2) is 64.2 Å². The summed E-state index contributed by atoms with van der Waals surface area (Å²) >= 11 is 8.99. The first kappa shape index (κ1) is 23.4. The molecule has 3 aromatic rings. The number of carbonyl (C=O) groups excluding carboxylic acids is 2. The lowest BCUT2D eigenvalue weighted by Gasteiger charge is -2.39. The predicted molar refractivity (Wildman–Crippen MR) is 136 cm³/mol. The van der Waals surface area contributed by atoms with Crippen LogP contribution >= 0.6 is 34.7 Å². The van der Waals surface area contributed by atoms with Gasteiger partial charge in [-0.3, -0.25) is 9.59 Å². The molecule has 2 fully saturated rings. The Morgan fingerprint density at radius 2 is 2.00 bits per heavy atom. The van der Waals surface area contributed by atoms with Gasteiger partial charge in [0.1, 0.15) is 10.8 Å². The average molecular weight is 513 g/mol. The van der Waals surface area contributed by atoms with Gasteiger partial charge in [0, 0.05) is 17.4 Å². The molecule has 8 heteroatoms. The molecule has 1 saturated heterocycles. The fourth-order valence-corrected chi connectivity index (χ4v) is 6.41. The molecule has 1 aliphatic heterocycles. The summed E-state index contributed by atoms with van der Waals surface area (Å²) in [5, 5.41) is 6.71. The number of piperidine rings is 1. The monoisotopic (exact) mass is 512 g/mol. The molecule has 5 rings (SSSR count). The fourth-order valence-electron chi connectivity index (χ4n) is 4.44. The number of carbonyl (C=O) groups is 2. The molecule has 2 atom stereocenters. The van der Waals surface area contributed by atoms with E-state index >= 15 is 0 Å². The van der Waals surface area contributed by atoms with Crippen molar-refractivity contribution in [3.05, 3.63) is 75.6 Å². The summed E-state index contributed by atoms with van der Waals surface area (Å²) in [7, 11) is 0. The molecule has 2 aromatic heterocycles. The van der Waals surface area contributed by atoms with E-state index in [0.717, 1.165) is 17.9 Å². The van der Waals surface area contributed by atoms with Crippen LogP contribution in [0.4, 0.5) is 0 Å². The van der Waals surface area contributed by atoms with E-state index in [1.807, 2.05) is 53.2 Å². The summed E-state index contributed by atoms with van der Waals surface area (Å²) in [6, 6.07) is 14.7. The number of hydrogen-bond donors (Lipinski definition) is 1. The topological polar surface area (TPSA) is 68.3 Å². The zero-order valence-electron chi connectivity index (χ0n) is 18.5. The summed E-state index contributed by atoms with van der Waals surface area (Å²) in [6.45, 7) is 0.619. The summed E-state index contributed by atoms with van der Waals surface area (Å²) in [5.41, 5.74) is 0.424. The summed E-state index contributed by atoms with van der Waals surface area (Å²) in [4.78, 5) is 32.2. The maximum absolute atomic E-state index is 13.4. The summed E-state index contributed by atoms with van der Waals surface area (Å²) in [5.74, 6) is 0.771. The average Bonchev–Trinajstić information content (AvgIpc) is 3.35. The minimum Gasteiger partial charge on any atom is -0.478 e. The molecule has 0 bridgehead atoms. The van der Waals surface area contributed by atoms with Crippen LogP contribution in [0.2, 0.25) is 5.02 Å². The first-order chi connectivity index (χ1) is 16.5. The Labute approximate surface area is 212 Å². The number of pyridine rings is 1. The Hall–Kier alpha value is -2.35. The Morgan fingerprint density at radius 1 is 1.15 bits per heavy atom. The number of nitrogens with one attached hydrogen (secondary N) is 1. The molecular weight excluding hydrogens is 488 g/mol. The van der Waals surface area contributed by atoms with E-state index < -0.39 is 10.8 Å². The molecule has 5 nitrogen and oxygen atoms in total. The molecule has 1 aliphatic carbocycles. The minimum atomic E-state index is -1.03. The van der Waals surface area contributed by atoms with Crippen molar-refractivity contribution >= 4 is 46.4 Å². The number of nitrogens with zero attached hydrogens (tertiary/aromatic N) is 1. The molecular formula is C26H25ClN2O3S2. The van der Waals surface area contributed by atoms with Crippen molar-refractivity contribution in [2.45, 2.75) is 47.8 Å². The van der Waals surface area contributed by atoms with E-state index in [2.05, 4.69) is 5.32 Å². The number of ether oxygens (including phenoxy) is 1. The van der Waals surface area contributed by atoms with E-state index in [0.29, 0.717) is 28.1 Å². The number of hydrogen-bond acceptors (Lipinski definition) is 6. The molecule has 3 heterocycles. The van der Waals surface area contributed by atoms with Crippen LogP contribution in [-0.4, -0.2) is 28.5 Å². The maximum Gasteiger partial charge on any atom is 0.242 e. The van der Waals surface area contributed by atoms with Crippen LogP contribution in [0.1, 0.15) is 43.4 Å². The number of aromatic nitrogens is 1. The smallest absolute Gasteiger partial charge is 0.242 e. The zero-order valence-corrected chi connectivity index (χ0v) is 20.9. The van der Waals surface area contributed by atoms with E-state index in [9.17, 15) is 9.59 Å². The van der Waals surface area contributed by atoms with Gasteiger partial charge in [0.15, 0.2) is 5.78 Å². The number of thioether (sulfide) groups is 1. The van der Waals surface area contributed by atoms with Crippen molar-refractivity contribution in [2.75, 3.05) is 6.61 Å². The maximum atomic E-state index is 13.4. The quantitative estimate of drug-likeness (QED) is 0.383.